The summed E-state index contributed by atoms with van der Waals surface area (Å²) in [5.41, 5.74) is 11.5. The Hall–Kier alpha value is -7.35. The first kappa shape index (κ1) is 29.4. The second-order valence-corrected chi connectivity index (χ2v) is 13.6. The lowest BCUT2D eigenvalue weighted by Gasteiger charge is -2.22. The Bertz CT molecular complexity index is 3140. The first-order valence-corrected chi connectivity index (χ1v) is 17.7. The molecule has 0 fully saturated rings. The lowest BCUT2D eigenvalue weighted by molar-refractivity contribution is 0.487. The van der Waals surface area contributed by atoms with Gasteiger partial charge < -0.3 is 4.74 Å². The molecule has 10 aromatic rings. The van der Waals surface area contributed by atoms with Crippen molar-refractivity contribution in [3.8, 4) is 73.5 Å². The Balaban J connectivity index is 1.01. The molecule has 0 aliphatic carbocycles. The molecule has 0 saturated heterocycles. The van der Waals surface area contributed by atoms with Crippen molar-refractivity contribution in [3.63, 3.8) is 0 Å². The van der Waals surface area contributed by atoms with E-state index < -0.39 is 0 Å². The van der Waals surface area contributed by atoms with Crippen LogP contribution in [0.25, 0.3) is 99.0 Å². The smallest absolute Gasteiger partial charge is 0.136 e. The fourth-order valence-electron chi connectivity index (χ4n) is 8.33. The van der Waals surface area contributed by atoms with Crippen molar-refractivity contribution >= 4 is 43.1 Å². The molecule has 11 rings (SSSR count). The van der Waals surface area contributed by atoms with Gasteiger partial charge in [0.1, 0.15) is 11.5 Å². The second kappa shape index (κ2) is 11.3. The minimum absolute atomic E-state index is 0.589. The first-order valence-electron chi connectivity index (χ1n) is 17.7. The van der Waals surface area contributed by atoms with Gasteiger partial charge in [-0.1, -0.05) is 103 Å². The molecule has 3 heterocycles. The maximum absolute atomic E-state index is 9.44. The number of pyridine rings is 2. The van der Waals surface area contributed by atoms with Crippen LogP contribution in [0.5, 0.6) is 11.5 Å². The zero-order valence-corrected chi connectivity index (χ0v) is 28.3. The SMILES string of the molecule is N#Cc1ccc2c(c1)Oc1cccc3c(-c4ccc(-c5ccc6ccc7c(-c8cccc(-c9ccncc9)n8)ccc8ccc5c6c87)cc4)ccc-2c13. The predicted octanol–water partition coefficient (Wildman–Crippen LogP) is 12.8. The van der Waals surface area contributed by atoms with E-state index in [2.05, 4.69) is 120 Å². The summed E-state index contributed by atoms with van der Waals surface area (Å²) in [6, 6.07) is 55.7. The van der Waals surface area contributed by atoms with Gasteiger partial charge in [0.25, 0.3) is 0 Å². The van der Waals surface area contributed by atoms with Crippen LogP contribution in [0.1, 0.15) is 5.56 Å². The van der Waals surface area contributed by atoms with Gasteiger partial charge in [0.15, 0.2) is 0 Å². The molecule has 53 heavy (non-hydrogen) atoms. The van der Waals surface area contributed by atoms with Gasteiger partial charge >= 0.3 is 0 Å². The van der Waals surface area contributed by atoms with Gasteiger partial charge in [0.2, 0.25) is 0 Å². The molecule has 0 amide bonds. The fourth-order valence-corrected chi connectivity index (χ4v) is 8.33. The topological polar surface area (TPSA) is 58.8 Å². The summed E-state index contributed by atoms with van der Waals surface area (Å²) in [5.74, 6) is 1.53. The molecule has 0 saturated carbocycles. The lowest BCUT2D eigenvalue weighted by atomic mass is 9.87. The third-order valence-corrected chi connectivity index (χ3v) is 10.8. The Labute approximate surface area is 305 Å². The molecular formula is C49H27N3O. The molecule has 0 N–H and O–H groups in total. The van der Waals surface area contributed by atoms with Gasteiger partial charge in [-0.3, -0.25) is 4.98 Å². The van der Waals surface area contributed by atoms with E-state index in [4.69, 9.17) is 9.72 Å². The summed E-state index contributed by atoms with van der Waals surface area (Å²) in [5, 5.41) is 19.1. The summed E-state index contributed by atoms with van der Waals surface area (Å²) >= 11 is 0. The van der Waals surface area contributed by atoms with E-state index in [0.29, 0.717) is 5.56 Å². The number of aromatic nitrogens is 2. The van der Waals surface area contributed by atoms with Gasteiger partial charge in [-0.05, 0) is 114 Å². The molecule has 4 nitrogen and oxygen atoms in total. The van der Waals surface area contributed by atoms with Gasteiger partial charge in [-0.15, -0.1) is 0 Å². The van der Waals surface area contributed by atoms with Crippen molar-refractivity contribution in [1.29, 1.82) is 5.26 Å². The fraction of sp³-hybridized carbons (Fsp3) is 0. The van der Waals surface area contributed by atoms with Gasteiger partial charge in [0, 0.05) is 34.5 Å². The highest BCUT2D eigenvalue weighted by Gasteiger charge is 2.22. The van der Waals surface area contributed by atoms with Crippen molar-refractivity contribution in [2.45, 2.75) is 0 Å². The Kier molecular flexibility index (Phi) is 6.28. The number of rotatable bonds is 4. The number of nitrogens with zero attached hydrogens (tertiary/aromatic N) is 3. The minimum Gasteiger partial charge on any atom is -0.456 e. The summed E-state index contributed by atoms with van der Waals surface area (Å²) in [7, 11) is 0. The zero-order chi connectivity index (χ0) is 35.0. The zero-order valence-electron chi connectivity index (χ0n) is 28.3. The van der Waals surface area contributed by atoms with Gasteiger partial charge in [-0.2, -0.15) is 5.26 Å². The highest BCUT2D eigenvalue weighted by Crippen LogP contribution is 2.49. The largest absolute Gasteiger partial charge is 0.456 e. The molecule has 0 unspecified atom stereocenters. The van der Waals surface area contributed by atoms with E-state index in [9.17, 15) is 5.26 Å². The van der Waals surface area contributed by atoms with Gasteiger partial charge in [-0.25, -0.2) is 4.98 Å². The van der Waals surface area contributed by atoms with Gasteiger partial charge in [0.05, 0.1) is 23.0 Å². The van der Waals surface area contributed by atoms with Crippen LogP contribution in [-0.2, 0) is 0 Å². The average molecular weight is 674 g/mol. The van der Waals surface area contributed by atoms with Crippen LogP contribution < -0.4 is 4.74 Å². The van der Waals surface area contributed by atoms with Crippen molar-refractivity contribution in [1.82, 2.24) is 9.97 Å². The quantitative estimate of drug-likeness (QED) is 0.174. The average Bonchev–Trinajstić information content (AvgIpc) is 3.23. The Morgan fingerprint density at radius 1 is 0.434 bits per heavy atom. The number of ether oxygens (including phenoxy) is 1. The maximum atomic E-state index is 9.44. The van der Waals surface area contributed by atoms with E-state index in [1.807, 2.05) is 54.9 Å². The van der Waals surface area contributed by atoms with E-state index >= 15 is 0 Å². The second-order valence-electron chi connectivity index (χ2n) is 13.6. The molecule has 244 valence electrons. The lowest BCUT2D eigenvalue weighted by Crippen LogP contribution is -1.98. The normalized spacial score (nSPS) is 11.9. The van der Waals surface area contributed by atoms with Crippen LogP contribution in [0.15, 0.2) is 164 Å². The van der Waals surface area contributed by atoms with E-state index in [1.54, 1.807) is 0 Å². The maximum Gasteiger partial charge on any atom is 0.136 e. The summed E-state index contributed by atoms with van der Waals surface area (Å²) in [6.45, 7) is 0. The van der Waals surface area contributed by atoms with Crippen molar-refractivity contribution < 1.29 is 4.74 Å². The number of hydrogen-bond acceptors (Lipinski definition) is 4. The first-order chi connectivity index (χ1) is 26.2. The molecular weight excluding hydrogens is 647 g/mol. The van der Waals surface area contributed by atoms with E-state index in [1.165, 1.54) is 43.4 Å². The van der Waals surface area contributed by atoms with Crippen LogP contribution in [-0.4, -0.2) is 9.97 Å². The van der Waals surface area contributed by atoms with Crippen LogP contribution in [0.2, 0.25) is 0 Å². The van der Waals surface area contributed by atoms with E-state index in [-0.39, 0.29) is 0 Å². The molecule has 8 aromatic carbocycles. The van der Waals surface area contributed by atoms with Crippen LogP contribution >= 0.6 is 0 Å². The van der Waals surface area contributed by atoms with Crippen LogP contribution in [0.4, 0.5) is 0 Å². The molecule has 0 atom stereocenters. The molecule has 2 aromatic heterocycles. The van der Waals surface area contributed by atoms with Crippen molar-refractivity contribution in [3.05, 3.63) is 170 Å². The number of benzene rings is 8. The number of fused-ring (bicyclic) bond motifs is 2. The summed E-state index contributed by atoms with van der Waals surface area (Å²) < 4.78 is 6.35. The number of hydrogen-bond donors (Lipinski definition) is 0. The van der Waals surface area contributed by atoms with Crippen LogP contribution in [0.3, 0.4) is 0 Å². The van der Waals surface area contributed by atoms with E-state index in [0.717, 1.165) is 67.0 Å². The third kappa shape index (κ3) is 4.48. The molecule has 0 radical (unpaired) electrons. The van der Waals surface area contributed by atoms with Crippen molar-refractivity contribution in [2.24, 2.45) is 0 Å². The Morgan fingerprint density at radius 3 is 1.75 bits per heavy atom. The molecule has 0 bridgehead atoms. The highest BCUT2D eigenvalue weighted by molar-refractivity contribution is 6.27. The van der Waals surface area contributed by atoms with Crippen LogP contribution in [0, 0.1) is 11.3 Å². The molecule has 1 aliphatic rings. The molecule has 0 spiro atoms. The number of nitriles is 1. The summed E-state index contributed by atoms with van der Waals surface area (Å²) in [4.78, 5) is 9.28. The Morgan fingerprint density at radius 2 is 1.02 bits per heavy atom. The van der Waals surface area contributed by atoms with Crippen molar-refractivity contribution in [2.75, 3.05) is 0 Å². The monoisotopic (exact) mass is 673 g/mol. The minimum atomic E-state index is 0.589. The standard InChI is InChI=1S/C49H27N3O/c50-28-29-7-16-38-42-22-21-36(39-3-1-6-45(49(39)42)53-46(38)27-29)31-10-8-30(9-11-31)35-17-12-33-15-20-41-37(18-13-34-14-19-40(35)47(33)48(34)41)44-5-2-4-43(52-44)32-23-25-51-26-24-32/h1-27H. The summed E-state index contributed by atoms with van der Waals surface area (Å²) in [6.07, 6.45) is 3.62. The molecule has 4 heteroatoms. The molecule has 1 aliphatic heterocycles. The predicted molar refractivity (Wildman–Crippen MR) is 215 cm³/mol. The highest BCUT2D eigenvalue weighted by atomic mass is 16.5. The third-order valence-electron chi connectivity index (χ3n) is 10.8.